The van der Waals surface area contributed by atoms with Crippen molar-refractivity contribution in [3.63, 3.8) is 0 Å². The van der Waals surface area contributed by atoms with E-state index in [1.807, 2.05) is 0 Å². The molecule has 2 rings (SSSR count). The Bertz CT molecular complexity index is 621. The molecule has 2 heteroatoms. The normalized spacial score (nSPS) is 10.6. The van der Waals surface area contributed by atoms with Crippen molar-refractivity contribution < 1.29 is 0 Å². The summed E-state index contributed by atoms with van der Waals surface area (Å²) in [6.07, 6.45) is 0. The highest BCUT2D eigenvalue weighted by Gasteiger charge is 2.16. The van der Waals surface area contributed by atoms with E-state index in [0.29, 0.717) is 0 Å². The van der Waals surface area contributed by atoms with Gasteiger partial charge in [0.25, 0.3) is 7.98 Å². The Balaban J connectivity index is 2.73. The zero-order valence-corrected chi connectivity index (χ0v) is 13.8. The predicted molar refractivity (Wildman–Crippen MR) is 92.7 cm³/mol. The van der Waals surface area contributed by atoms with Crippen LogP contribution in [0.1, 0.15) is 44.5 Å². The molecule has 106 valence electrons. The molecule has 2 aromatic carbocycles. The summed E-state index contributed by atoms with van der Waals surface area (Å²) in [6.45, 7) is 12.7. The summed E-state index contributed by atoms with van der Waals surface area (Å²) in [4.78, 5) is 4.15. The van der Waals surface area contributed by atoms with E-state index < -0.39 is 0 Å². The summed E-state index contributed by atoms with van der Waals surface area (Å²) in [7, 11) is 5.78. The van der Waals surface area contributed by atoms with Gasteiger partial charge in [-0.05, 0) is 63.8 Å². The average molecular weight is 275 g/mol. The van der Waals surface area contributed by atoms with Crippen LogP contribution in [0.5, 0.6) is 0 Å². The van der Waals surface area contributed by atoms with E-state index in [0.717, 1.165) is 16.8 Å². The molecule has 0 bridgehead atoms. The number of aryl methyl sites for hydroxylation is 6. The fraction of sp³-hybridized carbons (Fsp3) is 0.316. The molecule has 0 aliphatic heterocycles. The first-order chi connectivity index (χ1) is 9.85. The number of rotatable bonds is 2. The molecule has 0 atom stereocenters. The van der Waals surface area contributed by atoms with Crippen LogP contribution in [0.2, 0.25) is 0 Å². The molecule has 0 fully saturated rings. The summed E-state index contributed by atoms with van der Waals surface area (Å²) < 4.78 is 0. The van der Waals surface area contributed by atoms with Gasteiger partial charge in [-0.15, -0.1) is 0 Å². The quantitative estimate of drug-likeness (QED) is 0.567. The Hall–Kier alpha value is -1.83. The summed E-state index contributed by atoms with van der Waals surface area (Å²) in [5, 5.41) is 0. The van der Waals surface area contributed by atoms with E-state index in [4.69, 9.17) is 7.98 Å². The van der Waals surface area contributed by atoms with Crippen molar-refractivity contribution in [1.82, 2.24) is 0 Å². The second-order valence-electron chi connectivity index (χ2n) is 6.03. The Morgan fingerprint density at radius 2 is 0.952 bits per heavy atom. The van der Waals surface area contributed by atoms with Gasteiger partial charge in [0.2, 0.25) is 0 Å². The van der Waals surface area contributed by atoms with Crippen LogP contribution < -0.4 is 0 Å². The number of hydrogen-bond donors (Lipinski definition) is 0. The third kappa shape index (κ3) is 2.95. The Morgan fingerprint density at radius 3 is 1.19 bits per heavy atom. The van der Waals surface area contributed by atoms with E-state index in [2.05, 4.69) is 70.7 Å². The van der Waals surface area contributed by atoms with Gasteiger partial charge < -0.3 is 4.90 Å². The molecule has 0 N–H and O–H groups in total. The van der Waals surface area contributed by atoms with Crippen LogP contribution in [0.3, 0.4) is 0 Å². The Morgan fingerprint density at radius 1 is 0.667 bits per heavy atom. The summed E-state index contributed by atoms with van der Waals surface area (Å²) in [6, 6.07) is 8.75. The minimum absolute atomic E-state index is 0.889. The van der Waals surface area contributed by atoms with Crippen molar-refractivity contribution in [2.75, 3.05) is 0 Å². The highest BCUT2D eigenvalue weighted by atomic mass is 14.6. The molecule has 0 spiro atoms. The van der Waals surface area contributed by atoms with Gasteiger partial charge in [0.05, 0.1) is 5.71 Å². The van der Waals surface area contributed by atoms with E-state index >= 15 is 0 Å². The van der Waals surface area contributed by atoms with Gasteiger partial charge in [0, 0.05) is 11.1 Å². The summed E-state index contributed by atoms with van der Waals surface area (Å²) in [5.74, 6) is 0. The van der Waals surface area contributed by atoms with Crippen molar-refractivity contribution >= 4 is 13.7 Å². The minimum atomic E-state index is 0.889. The average Bonchev–Trinajstić information content (AvgIpc) is 2.34. The van der Waals surface area contributed by atoms with Gasteiger partial charge in [-0.25, -0.2) is 0 Å². The smallest absolute Gasteiger partial charge is 0.260 e. The second kappa shape index (κ2) is 5.89. The first-order valence-corrected chi connectivity index (χ1v) is 7.29. The van der Waals surface area contributed by atoms with Gasteiger partial charge >= 0.3 is 0 Å². The standard InChI is InChI=1S/C19H22BN/c1-11-7-13(3)17(14(4)8-11)19(21-20)18-15(5)9-12(2)10-16(18)6/h7-10H,1-6H3. The highest BCUT2D eigenvalue weighted by molar-refractivity contribution is 6.24. The van der Waals surface area contributed by atoms with Crippen LogP contribution in [0, 0.1) is 41.5 Å². The number of nitrogens with zero attached hydrogens (tertiary/aromatic N) is 1. The van der Waals surface area contributed by atoms with Gasteiger partial charge in [0.15, 0.2) is 0 Å². The predicted octanol–water partition coefficient (Wildman–Crippen LogP) is 4.46. The Kier molecular flexibility index (Phi) is 4.36. The van der Waals surface area contributed by atoms with Gasteiger partial charge in [-0.3, -0.25) is 0 Å². The van der Waals surface area contributed by atoms with E-state index in [9.17, 15) is 0 Å². The summed E-state index contributed by atoms with van der Waals surface area (Å²) >= 11 is 0. The maximum Gasteiger partial charge on any atom is 0.260 e. The van der Waals surface area contributed by atoms with Crippen LogP contribution in [-0.4, -0.2) is 13.7 Å². The molecule has 2 radical (unpaired) electrons. The highest BCUT2D eigenvalue weighted by Crippen LogP contribution is 2.25. The van der Waals surface area contributed by atoms with Crippen molar-refractivity contribution in [2.45, 2.75) is 41.5 Å². The van der Waals surface area contributed by atoms with Crippen LogP contribution in [0.15, 0.2) is 29.2 Å². The zero-order valence-electron chi connectivity index (χ0n) is 13.8. The molecule has 0 heterocycles. The molecule has 0 unspecified atom stereocenters. The molecular formula is C19H22BN. The van der Waals surface area contributed by atoms with Gasteiger partial charge in [-0.1, -0.05) is 35.4 Å². The summed E-state index contributed by atoms with van der Waals surface area (Å²) in [5.41, 5.74) is 10.6. The van der Waals surface area contributed by atoms with Crippen LogP contribution >= 0.6 is 0 Å². The molecule has 0 saturated carbocycles. The zero-order chi connectivity index (χ0) is 15.7. The molecule has 0 saturated heterocycles. The van der Waals surface area contributed by atoms with Crippen LogP contribution in [0.25, 0.3) is 0 Å². The monoisotopic (exact) mass is 275 g/mol. The fourth-order valence-corrected chi connectivity index (χ4v) is 3.36. The lowest BCUT2D eigenvalue weighted by Crippen LogP contribution is -2.12. The molecule has 0 amide bonds. The van der Waals surface area contributed by atoms with E-state index in [-0.39, 0.29) is 0 Å². The maximum absolute atomic E-state index is 5.78. The number of benzene rings is 2. The lowest BCUT2D eigenvalue weighted by atomic mass is 9.87. The molecule has 0 aromatic heterocycles. The van der Waals surface area contributed by atoms with Crippen molar-refractivity contribution in [1.29, 1.82) is 0 Å². The van der Waals surface area contributed by atoms with E-state index in [1.165, 1.54) is 33.4 Å². The third-order valence-electron chi connectivity index (χ3n) is 3.96. The SMILES string of the molecule is [B]N=C(c1c(C)cc(C)cc1C)c1c(C)cc(C)cc1C. The van der Waals surface area contributed by atoms with Crippen LogP contribution in [-0.2, 0) is 0 Å². The molecule has 21 heavy (non-hydrogen) atoms. The lowest BCUT2D eigenvalue weighted by molar-refractivity contribution is 1.27. The minimum Gasteiger partial charge on any atom is -0.356 e. The first-order valence-electron chi connectivity index (χ1n) is 7.29. The van der Waals surface area contributed by atoms with Crippen molar-refractivity contribution in [2.24, 2.45) is 4.90 Å². The molecule has 1 nitrogen and oxygen atoms in total. The third-order valence-corrected chi connectivity index (χ3v) is 3.96. The fourth-order valence-electron chi connectivity index (χ4n) is 3.36. The topological polar surface area (TPSA) is 12.4 Å². The molecule has 0 aliphatic rings. The number of hydrogen-bond acceptors (Lipinski definition) is 1. The second-order valence-corrected chi connectivity index (χ2v) is 6.03. The van der Waals surface area contributed by atoms with Crippen LogP contribution in [0.4, 0.5) is 0 Å². The largest absolute Gasteiger partial charge is 0.356 e. The molecule has 2 aromatic rings. The lowest BCUT2D eigenvalue weighted by Gasteiger charge is -2.18. The molecule has 0 aliphatic carbocycles. The first kappa shape index (κ1) is 15.6. The van der Waals surface area contributed by atoms with Crippen molar-refractivity contribution in [3.8, 4) is 0 Å². The Labute approximate surface area is 129 Å². The van der Waals surface area contributed by atoms with Gasteiger partial charge in [-0.2, -0.15) is 0 Å². The van der Waals surface area contributed by atoms with Gasteiger partial charge in [0.1, 0.15) is 0 Å². The maximum atomic E-state index is 5.78. The van der Waals surface area contributed by atoms with E-state index in [1.54, 1.807) is 0 Å². The van der Waals surface area contributed by atoms with Crippen molar-refractivity contribution in [3.05, 3.63) is 68.8 Å². The molecular weight excluding hydrogens is 253 g/mol.